The van der Waals surface area contributed by atoms with Crippen molar-refractivity contribution in [1.82, 2.24) is 4.98 Å². The van der Waals surface area contributed by atoms with E-state index in [9.17, 15) is 0 Å². The number of rotatable bonds is 2. The van der Waals surface area contributed by atoms with Crippen LogP contribution in [0.3, 0.4) is 0 Å². The molecule has 0 spiro atoms. The third-order valence-corrected chi connectivity index (χ3v) is 3.82. The molecule has 0 fully saturated rings. The molecule has 96 valence electrons. The van der Waals surface area contributed by atoms with E-state index in [0.29, 0.717) is 10.0 Å². The predicted molar refractivity (Wildman–Crippen MR) is 80.8 cm³/mol. The minimum absolute atomic E-state index is 0.277. The van der Waals surface area contributed by atoms with E-state index in [2.05, 4.69) is 4.98 Å². The minimum Gasteiger partial charge on any atom is -0.361 e. The largest absolute Gasteiger partial charge is 0.361 e. The summed E-state index contributed by atoms with van der Waals surface area (Å²) in [4.78, 5) is 3.22. The fourth-order valence-corrected chi connectivity index (χ4v) is 2.80. The summed E-state index contributed by atoms with van der Waals surface area (Å²) in [6.07, 6.45) is 1.93. The van der Waals surface area contributed by atoms with Crippen LogP contribution >= 0.6 is 23.2 Å². The lowest BCUT2D eigenvalue weighted by atomic mass is 9.99. The molecule has 0 aliphatic carbocycles. The number of H-pyrrole nitrogens is 1. The maximum Gasteiger partial charge on any atom is 0.0587 e. The van der Waals surface area contributed by atoms with Crippen LogP contribution in [0.4, 0.5) is 0 Å². The average molecular weight is 291 g/mol. The van der Waals surface area contributed by atoms with Crippen molar-refractivity contribution in [3.63, 3.8) is 0 Å². The summed E-state index contributed by atoms with van der Waals surface area (Å²) in [6, 6.07) is 13.2. The molecule has 1 atom stereocenters. The Morgan fingerprint density at radius 2 is 1.79 bits per heavy atom. The van der Waals surface area contributed by atoms with Crippen molar-refractivity contribution < 1.29 is 0 Å². The van der Waals surface area contributed by atoms with Crippen LogP contribution in [-0.4, -0.2) is 4.98 Å². The molecule has 0 aliphatic heterocycles. The van der Waals surface area contributed by atoms with Gasteiger partial charge in [-0.15, -0.1) is 0 Å². The van der Waals surface area contributed by atoms with Gasteiger partial charge in [0.25, 0.3) is 0 Å². The summed E-state index contributed by atoms with van der Waals surface area (Å²) < 4.78 is 0. The highest BCUT2D eigenvalue weighted by Gasteiger charge is 2.16. The van der Waals surface area contributed by atoms with Gasteiger partial charge in [0.05, 0.1) is 6.04 Å². The quantitative estimate of drug-likeness (QED) is 0.716. The van der Waals surface area contributed by atoms with Crippen LogP contribution in [0.5, 0.6) is 0 Å². The first-order valence-electron chi connectivity index (χ1n) is 5.93. The molecule has 19 heavy (non-hydrogen) atoms. The molecule has 2 nitrogen and oxygen atoms in total. The van der Waals surface area contributed by atoms with E-state index in [1.54, 1.807) is 12.1 Å². The number of aromatic nitrogens is 1. The zero-order valence-electron chi connectivity index (χ0n) is 10.0. The van der Waals surface area contributed by atoms with E-state index < -0.39 is 0 Å². The van der Waals surface area contributed by atoms with Crippen LogP contribution in [-0.2, 0) is 0 Å². The predicted octanol–water partition coefficient (Wildman–Crippen LogP) is 4.52. The van der Waals surface area contributed by atoms with Crippen molar-refractivity contribution in [2.24, 2.45) is 5.73 Å². The van der Waals surface area contributed by atoms with Gasteiger partial charge < -0.3 is 10.7 Å². The topological polar surface area (TPSA) is 41.8 Å². The fourth-order valence-electron chi connectivity index (χ4n) is 2.27. The van der Waals surface area contributed by atoms with Crippen LogP contribution < -0.4 is 5.73 Å². The zero-order valence-corrected chi connectivity index (χ0v) is 11.5. The van der Waals surface area contributed by atoms with E-state index in [1.807, 2.05) is 36.5 Å². The molecular formula is C15H12Cl2N2. The molecule has 0 saturated carbocycles. The summed E-state index contributed by atoms with van der Waals surface area (Å²) in [7, 11) is 0. The highest BCUT2D eigenvalue weighted by molar-refractivity contribution is 6.35. The van der Waals surface area contributed by atoms with Gasteiger partial charge in [-0.2, -0.15) is 0 Å². The molecule has 1 heterocycles. The molecule has 1 unspecified atom stereocenters. The first kappa shape index (κ1) is 12.5. The Morgan fingerprint density at radius 1 is 1.00 bits per heavy atom. The molecule has 2 aromatic carbocycles. The van der Waals surface area contributed by atoms with Crippen molar-refractivity contribution in [3.8, 4) is 0 Å². The van der Waals surface area contributed by atoms with Gasteiger partial charge in [-0.25, -0.2) is 0 Å². The van der Waals surface area contributed by atoms with Crippen LogP contribution in [0.2, 0.25) is 10.0 Å². The number of benzene rings is 2. The number of fused-ring (bicyclic) bond motifs is 1. The summed E-state index contributed by atoms with van der Waals surface area (Å²) in [6.45, 7) is 0. The monoisotopic (exact) mass is 290 g/mol. The summed E-state index contributed by atoms with van der Waals surface area (Å²) in [5, 5.41) is 2.31. The average Bonchev–Trinajstić information content (AvgIpc) is 2.82. The number of nitrogens with two attached hydrogens (primary N) is 1. The van der Waals surface area contributed by atoms with Crippen molar-refractivity contribution >= 4 is 34.1 Å². The van der Waals surface area contributed by atoms with Crippen LogP contribution in [0.1, 0.15) is 17.2 Å². The Balaban J connectivity index is 2.10. The Bertz CT molecular complexity index is 734. The third kappa shape index (κ3) is 2.23. The zero-order chi connectivity index (χ0) is 13.4. The second-order valence-corrected chi connectivity index (χ2v) is 5.28. The normalized spacial score (nSPS) is 12.8. The number of hydrogen-bond donors (Lipinski definition) is 2. The number of nitrogens with one attached hydrogen (secondary N) is 1. The molecule has 3 aromatic rings. The van der Waals surface area contributed by atoms with Gasteiger partial charge in [0.1, 0.15) is 0 Å². The molecule has 0 radical (unpaired) electrons. The lowest BCUT2D eigenvalue weighted by molar-refractivity contribution is 0.880. The fraction of sp³-hybridized carbons (Fsp3) is 0.0667. The van der Waals surface area contributed by atoms with Crippen molar-refractivity contribution in [2.45, 2.75) is 6.04 Å². The molecule has 0 saturated heterocycles. The van der Waals surface area contributed by atoms with Gasteiger partial charge in [0.15, 0.2) is 0 Å². The SMILES string of the molecule is NC(c1ccc(Cl)cc1Cl)c1c[nH]c2ccccc12. The lowest BCUT2D eigenvalue weighted by Gasteiger charge is -2.13. The Morgan fingerprint density at radius 3 is 2.58 bits per heavy atom. The van der Waals surface area contributed by atoms with Crippen LogP contribution in [0.25, 0.3) is 10.9 Å². The van der Waals surface area contributed by atoms with Gasteiger partial charge in [0.2, 0.25) is 0 Å². The van der Waals surface area contributed by atoms with Gasteiger partial charge in [-0.1, -0.05) is 47.5 Å². The Labute approximate surface area is 121 Å². The molecule has 1 aromatic heterocycles. The van der Waals surface area contributed by atoms with E-state index in [-0.39, 0.29) is 6.04 Å². The van der Waals surface area contributed by atoms with Crippen molar-refractivity contribution in [2.75, 3.05) is 0 Å². The number of hydrogen-bond acceptors (Lipinski definition) is 1. The molecule has 4 heteroatoms. The Hall–Kier alpha value is -1.48. The molecule has 3 N–H and O–H groups in total. The third-order valence-electron chi connectivity index (χ3n) is 3.25. The second-order valence-electron chi connectivity index (χ2n) is 4.43. The number of halogens is 2. The summed E-state index contributed by atoms with van der Waals surface area (Å²) in [5.41, 5.74) is 9.30. The summed E-state index contributed by atoms with van der Waals surface area (Å²) >= 11 is 12.1. The smallest absolute Gasteiger partial charge is 0.0587 e. The van der Waals surface area contributed by atoms with Gasteiger partial charge in [-0.3, -0.25) is 0 Å². The van der Waals surface area contributed by atoms with E-state index in [1.165, 1.54) is 0 Å². The highest BCUT2D eigenvalue weighted by atomic mass is 35.5. The first-order chi connectivity index (χ1) is 9.16. The van der Waals surface area contributed by atoms with E-state index >= 15 is 0 Å². The molecular weight excluding hydrogens is 279 g/mol. The van der Waals surface area contributed by atoms with Crippen LogP contribution in [0.15, 0.2) is 48.7 Å². The standard InChI is InChI=1S/C15H12Cl2N2/c16-9-5-6-11(13(17)7-9)15(18)12-8-19-14-4-2-1-3-10(12)14/h1-8,15,19H,18H2. The molecule has 0 amide bonds. The molecule has 0 bridgehead atoms. The molecule has 3 rings (SSSR count). The van der Waals surface area contributed by atoms with Crippen LogP contribution in [0, 0.1) is 0 Å². The van der Waals surface area contributed by atoms with Gasteiger partial charge in [0, 0.05) is 27.1 Å². The second kappa shape index (κ2) is 4.89. The number of aromatic amines is 1. The first-order valence-corrected chi connectivity index (χ1v) is 6.69. The lowest BCUT2D eigenvalue weighted by Crippen LogP contribution is -2.11. The highest BCUT2D eigenvalue weighted by Crippen LogP contribution is 2.32. The van der Waals surface area contributed by atoms with Crippen molar-refractivity contribution in [1.29, 1.82) is 0 Å². The van der Waals surface area contributed by atoms with E-state index in [4.69, 9.17) is 28.9 Å². The molecule has 0 aliphatic rings. The van der Waals surface area contributed by atoms with Gasteiger partial charge in [-0.05, 0) is 29.3 Å². The number of para-hydroxylation sites is 1. The maximum atomic E-state index is 6.33. The van der Waals surface area contributed by atoms with E-state index in [0.717, 1.165) is 22.0 Å². The minimum atomic E-state index is -0.277. The Kier molecular flexibility index (Phi) is 3.23. The maximum absolute atomic E-state index is 6.33. The van der Waals surface area contributed by atoms with Crippen molar-refractivity contribution in [3.05, 3.63) is 69.8 Å². The van der Waals surface area contributed by atoms with Gasteiger partial charge >= 0.3 is 0 Å². The summed E-state index contributed by atoms with van der Waals surface area (Å²) in [5.74, 6) is 0.